The molecule has 0 saturated heterocycles. The van der Waals surface area contributed by atoms with E-state index in [1.807, 2.05) is 18.2 Å². The lowest BCUT2D eigenvalue weighted by atomic mass is 10.1. The van der Waals surface area contributed by atoms with Crippen molar-refractivity contribution in [2.24, 2.45) is 0 Å². The maximum absolute atomic E-state index is 4.61. The summed E-state index contributed by atoms with van der Waals surface area (Å²) < 4.78 is 0. The minimum Gasteiger partial charge on any atom is -0.316 e. The molecule has 2 heterocycles. The Morgan fingerprint density at radius 2 is 1.90 bits per heavy atom. The van der Waals surface area contributed by atoms with Crippen LogP contribution in [-0.2, 0) is 0 Å². The van der Waals surface area contributed by atoms with Crippen LogP contribution in [0.2, 0.25) is 0 Å². The van der Waals surface area contributed by atoms with E-state index in [1.54, 1.807) is 17.5 Å². The lowest BCUT2D eigenvalue weighted by molar-refractivity contribution is 1.28. The number of aromatic nitrogens is 2. The normalized spacial score (nSPS) is 10.0. The van der Waals surface area contributed by atoms with Crippen LogP contribution in [0.5, 0.6) is 0 Å². The van der Waals surface area contributed by atoms with E-state index in [-0.39, 0.29) is 12.4 Å². The van der Waals surface area contributed by atoms with Crippen molar-refractivity contribution in [3.63, 3.8) is 0 Å². The Morgan fingerprint density at radius 3 is 2.62 bits per heavy atom. The first kappa shape index (κ1) is 15.5. The molecule has 3 nitrogen and oxygen atoms in total. The smallest absolute Gasteiger partial charge is 0.188 e. The van der Waals surface area contributed by atoms with Crippen molar-refractivity contribution in [1.82, 2.24) is 9.97 Å². The van der Waals surface area contributed by atoms with Gasteiger partial charge in [0.2, 0.25) is 0 Å². The van der Waals surface area contributed by atoms with E-state index in [4.69, 9.17) is 0 Å². The van der Waals surface area contributed by atoms with Gasteiger partial charge in [-0.15, -0.1) is 23.7 Å². The zero-order chi connectivity index (χ0) is 13.9. The minimum absolute atomic E-state index is 0. The number of nitrogens with zero attached hydrogens (tertiary/aromatic N) is 2. The van der Waals surface area contributed by atoms with E-state index >= 15 is 0 Å². The molecule has 5 heteroatoms. The maximum Gasteiger partial charge on any atom is 0.188 e. The number of anilines is 2. The van der Waals surface area contributed by atoms with Gasteiger partial charge in [0.15, 0.2) is 5.13 Å². The van der Waals surface area contributed by atoms with Gasteiger partial charge in [-0.05, 0) is 43.2 Å². The lowest BCUT2D eigenvalue weighted by Gasteiger charge is -2.02. The highest BCUT2D eigenvalue weighted by molar-refractivity contribution is 7.14. The Balaban J connectivity index is 0.00000161. The van der Waals surface area contributed by atoms with Crippen molar-refractivity contribution in [2.75, 3.05) is 5.32 Å². The molecule has 21 heavy (non-hydrogen) atoms. The predicted octanol–water partition coefficient (Wildman–Crippen LogP) is 4.99. The van der Waals surface area contributed by atoms with Gasteiger partial charge in [0, 0.05) is 17.1 Å². The van der Waals surface area contributed by atoms with Crippen LogP contribution in [-0.4, -0.2) is 9.97 Å². The summed E-state index contributed by atoms with van der Waals surface area (Å²) in [6, 6.07) is 12.2. The molecule has 0 aliphatic rings. The van der Waals surface area contributed by atoms with Crippen LogP contribution in [0, 0.1) is 13.8 Å². The number of hydrogen-bond donors (Lipinski definition) is 1. The molecule has 0 atom stereocenters. The first-order valence-electron chi connectivity index (χ1n) is 6.43. The highest BCUT2D eigenvalue weighted by Gasteiger charge is 2.06. The van der Waals surface area contributed by atoms with Crippen LogP contribution >= 0.6 is 23.7 Å². The van der Waals surface area contributed by atoms with Crippen molar-refractivity contribution in [3.8, 4) is 11.3 Å². The molecular weight excluding hydrogens is 302 g/mol. The molecule has 0 radical (unpaired) electrons. The quantitative estimate of drug-likeness (QED) is 0.739. The van der Waals surface area contributed by atoms with E-state index in [0.717, 1.165) is 22.2 Å². The second-order valence-electron chi connectivity index (χ2n) is 4.68. The van der Waals surface area contributed by atoms with Crippen LogP contribution in [0.15, 0.2) is 48.0 Å². The molecular formula is C16H16ClN3S. The fourth-order valence-electron chi connectivity index (χ4n) is 1.91. The average molecular weight is 318 g/mol. The van der Waals surface area contributed by atoms with E-state index in [1.165, 1.54) is 11.1 Å². The molecule has 3 aromatic rings. The van der Waals surface area contributed by atoms with Crippen LogP contribution in [0.4, 0.5) is 10.9 Å². The molecule has 0 saturated carbocycles. The Labute approximate surface area is 134 Å². The van der Waals surface area contributed by atoms with Crippen molar-refractivity contribution < 1.29 is 0 Å². The van der Waals surface area contributed by atoms with Crippen molar-refractivity contribution in [2.45, 2.75) is 13.8 Å². The Morgan fingerprint density at radius 1 is 1.05 bits per heavy atom. The van der Waals surface area contributed by atoms with E-state index in [2.05, 4.69) is 52.7 Å². The predicted molar refractivity (Wildman–Crippen MR) is 91.8 cm³/mol. The lowest BCUT2D eigenvalue weighted by Crippen LogP contribution is -1.91. The molecule has 0 unspecified atom stereocenters. The standard InChI is InChI=1S/C16H15N3S.ClH/c1-11-6-7-13(9-12(11)2)14-10-20-16(18-14)19-15-5-3-4-8-17-15;/h3-10H,1-2H3,(H,17,18,19);1H. The summed E-state index contributed by atoms with van der Waals surface area (Å²) >= 11 is 1.59. The van der Waals surface area contributed by atoms with Gasteiger partial charge in [-0.1, -0.05) is 18.2 Å². The van der Waals surface area contributed by atoms with Gasteiger partial charge in [-0.2, -0.15) is 0 Å². The molecule has 108 valence electrons. The number of aryl methyl sites for hydroxylation is 2. The summed E-state index contributed by atoms with van der Waals surface area (Å²) in [5.74, 6) is 0.813. The highest BCUT2D eigenvalue weighted by atomic mass is 35.5. The van der Waals surface area contributed by atoms with Crippen molar-refractivity contribution in [3.05, 3.63) is 59.1 Å². The highest BCUT2D eigenvalue weighted by Crippen LogP contribution is 2.27. The summed E-state index contributed by atoms with van der Waals surface area (Å²) in [7, 11) is 0. The summed E-state index contributed by atoms with van der Waals surface area (Å²) in [5.41, 5.74) is 4.74. The van der Waals surface area contributed by atoms with Gasteiger partial charge in [-0.3, -0.25) is 0 Å². The van der Waals surface area contributed by atoms with Crippen molar-refractivity contribution in [1.29, 1.82) is 0 Å². The Hall–Kier alpha value is -1.91. The van der Waals surface area contributed by atoms with Gasteiger partial charge in [-0.25, -0.2) is 9.97 Å². The molecule has 0 spiro atoms. The molecule has 0 aliphatic heterocycles. The molecule has 1 N–H and O–H groups in total. The first-order valence-corrected chi connectivity index (χ1v) is 7.31. The second kappa shape index (κ2) is 6.70. The van der Waals surface area contributed by atoms with Crippen LogP contribution in [0.1, 0.15) is 11.1 Å². The van der Waals surface area contributed by atoms with E-state index < -0.39 is 0 Å². The zero-order valence-corrected chi connectivity index (χ0v) is 13.5. The fraction of sp³-hybridized carbons (Fsp3) is 0.125. The zero-order valence-electron chi connectivity index (χ0n) is 11.8. The Kier molecular flexibility index (Phi) is 4.94. The van der Waals surface area contributed by atoms with Gasteiger partial charge in [0.05, 0.1) is 5.69 Å². The van der Waals surface area contributed by atoms with Gasteiger partial charge >= 0.3 is 0 Å². The third-order valence-electron chi connectivity index (χ3n) is 3.21. The van der Waals surface area contributed by atoms with Crippen LogP contribution in [0.25, 0.3) is 11.3 Å². The maximum atomic E-state index is 4.61. The average Bonchev–Trinajstić information content (AvgIpc) is 2.91. The van der Waals surface area contributed by atoms with Crippen molar-refractivity contribution >= 4 is 34.7 Å². The Bertz CT molecular complexity index is 725. The molecule has 0 amide bonds. The summed E-state index contributed by atoms with van der Waals surface area (Å²) in [5, 5.41) is 6.14. The number of hydrogen-bond acceptors (Lipinski definition) is 4. The number of rotatable bonds is 3. The van der Waals surface area contributed by atoms with Crippen LogP contribution in [0.3, 0.4) is 0 Å². The number of halogens is 1. The summed E-state index contributed by atoms with van der Waals surface area (Å²) in [4.78, 5) is 8.85. The van der Waals surface area contributed by atoms with Crippen LogP contribution < -0.4 is 5.32 Å². The number of nitrogens with one attached hydrogen (secondary N) is 1. The SMILES string of the molecule is Cc1ccc(-c2csc(Nc3ccccn3)n2)cc1C.Cl. The molecule has 2 aromatic heterocycles. The molecule has 0 aliphatic carbocycles. The summed E-state index contributed by atoms with van der Waals surface area (Å²) in [6.07, 6.45) is 1.76. The largest absolute Gasteiger partial charge is 0.316 e. The number of thiazole rings is 1. The monoisotopic (exact) mass is 317 g/mol. The van der Waals surface area contributed by atoms with E-state index in [9.17, 15) is 0 Å². The first-order chi connectivity index (χ1) is 9.72. The molecule has 1 aromatic carbocycles. The number of benzene rings is 1. The summed E-state index contributed by atoms with van der Waals surface area (Å²) in [6.45, 7) is 4.24. The van der Waals surface area contributed by atoms with Gasteiger partial charge in [0.25, 0.3) is 0 Å². The molecule has 0 bridgehead atoms. The second-order valence-corrected chi connectivity index (χ2v) is 5.54. The van der Waals surface area contributed by atoms with Gasteiger partial charge in [0.1, 0.15) is 5.82 Å². The molecule has 3 rings (SSSR count). The fourth-order valence-corrected chi connectivity index (χ4v) is 2.64. The van der Waals surface area contributed by atoms with Gasteiger partial charge < -0.3 is 5.32 Å². The topological polar surface area (TPSA) is 37.8 Å². The van der Waals surface area contributed by atoms with E-state index in [0.29, 0.717) is 0 Å². The molecule has 0 fully saturated rings. The minimum atomic E-state index is 0. The third kappa shape index (κ3) is 3.60. The third-order valence-corrected chi connectivity index (χ3v) is 3.96. The number of pyridine rings is 1.